The van der Waals surface area contributed by atoms with Crippen LogP contribution in [0, 0.1) is 0 Å². The standard InChI is InChI=1S/C14H20ClNO2/c1-3-4-5-6-10(2)16-13-9-11(15)7-8-12(13)14(17)18/h7-10,16H,3-6H2,1-2H3,(H,17,18). The molecule has 0 fully saturated rings. The molecule has 0 aromatic heterocycles. The van der Waals surface area contributed by atoms with E-state index in [2.05, 4.69) is 19.2 Å². The van der Waals surface area contributed by atoms with E-state index in [4.69, 9.17) is 16.7 Å². The van der Waals surface area contributed by atoms with Gasteiger partial charge in [-0.25, -0.2) is 4.79 Å². The van der Waals surface area contributed by atoms with E-state index in [1.165, 1.54) is 18.9 Å². The molecule has 100 valence electrons. The van der Waals surface area contributed by atoms with Gasteiger partial charge in [0.25, 0.3) is 0 Å². The van der Waals surface area contributed by atoms with Crippen molar-refractivity contribution in [2.45, 2.75) is 45.6 Å². The first-order valence-electron chi connectivity index (χ1n) is 6.34. The van der Waals surface area contributed by atoms with Crippen molar-refractivity contribution in [3.05, 3.63) is 28.8 Å². The first-order valence-corrected chi connectivity index (χ1v) is 6.71. The van der Waals surface area contributed by atoms with Crippen molar-refractivity contribution in [1.29, 1.82) is 0 Å². The van der Waals surface area contributed by atoms with Crippen molar-refractivity contribution in [2.75, 3.05) is 5.32 Å². The lowest BCUT2D eigenvalue weighted by Gasteiger charge is -2.17. The molecule has 2 N–H and O–H groups in total. The van der Waals surface area contributed by atoms with Crippen LogP contribution in [0.15, 0.2) is 18.2 Å². The lowest BCUT2D eigenvalue weighted by Crippen LogP contribution is -2.17. The first-order chi connectivity index (χ1) is 8.54. The Kier molecular flexibility index (Phi) is 5.99. The number of hydrogen-bond donors (Lipinski definition) is 2. The van der Waals surface area contributed by atoms with Gasteiger partial charge in [-0.15, -0.1) is 0 Å². The zero-order valence-corrected chi connectivity index (χ0v) is 11.6. The molecule has 1 aromatic carbocycles. The summed E-state index contributed by atoms with van der Waals surface area (Å²) < 4.78 is 0. The van der Waals surface area contributed by atoms with Gasteiger partial charge in [0.2, 0.25) is 0 Å². The zero-order valence-electron chi connectivity index (χ0n) is 10.9. The minimum absolute atomic E-state index is 0.244. The van der Waals surface area contributed by atoms with Crippen LogP contribution in [0.25, 0.3) is 0 Å². The minimum Gasteiger partial charge on any atom is -0.478 e. The number of rotatable bonds is 7. The van der Waals surface area contributed by atoms with Crippen molar-refractivity contribution < 1.29 is 9.90 Å². The van der Waals surface area contributed by atoms with Gasteiger partial charge in [-0.1, -0.05) is 37.8 Å². The molecule has 0 radical (unpaired) electrons. The Balaban J connectivity index is 2.70. The fourth-order valence-corrected chi connectivity index (χ4v) is 2.03. The van der Waals surface area contributed by atoms with E-state index >= 15 is 0 Å². The molecule has 0 bridgehead atoms. The summed E-state index contributed by atoms with van der Waals surface area (Å²) in [4.78, 5) is 11.1. The second-order valence-electron chi connectivity index (χ2n) is 4.54. The summed E-state index contributed by atoms with van der Waals surface area (Å²) in [6, 6.07) is 5.04. The normalized spacial score (nSPS) is 12.2. The first kappa shape index (κ1) is 14.8. The predicted octanol–water partition coefficient (Wildman–Crippen LogP) is 4.42. The molecule has 0 amide bonds. The average molecular weight is 270 g/mol. The van der Waals surface area contributed by atoms with Crippen LogP contribution >= 0.6 is 11.6 Å². The van der Waals surface area contributed by atoms with Gasteiger partial charge in [-0.3, -0.25) is 0 Å². The summed E-state index contributed by atoms with van der Waals surface area (Å²) in [5.74, 6) is -0.935. The number of nitrogens with one attached hydrogen (secondary N) is 1. The molecule has 1 aromatic rings. The van der Waals surface area contributed by atoms with Gasteiger partial charge in [0.15, 0.2) is 0 Å². The number of carboxylic acid groups (broad SMARTS) is 1. The Morgan fingerprint density at radius 2 is 2.17 bits per heavy atom. The van der Waals surface area contributed by atoms with Crippen molar-refractivity contribution in [3.63, 3.8) is 0 Å². The molecule has 0 aliphatic carbocycles. The smallest absolute Gasteiger partial charge is 0.337 e. The van der Waals surface area contributed by atoms with E-state index in [0.717, 1.165) is 12.8 Å². The minimum atomic E-state index is -0.935. The van der Waals surface area contributed by atoms with Crippen LogP contribution in [-0.2, 0) is 0 Å². The molecule has 3 nitrogen and oxygen atoms in total. The van der Waals surface area contributed by atoms with Crippen LogP contribution < -0.4 is 5.32 Å². The van der Waals surface area contributed by atoms with E-state index in [0.29, 0.717) is 10.7 Å². The molecular formula is C14H20ClNO2. The quantitative estimate of drug-likeness (QED) is 0.721. The lowest BCUT2D eigenvalue weighted by atomic mass is 10.1. The molecule has 0 saturated heterocycles. The monoisotopic (exact) mass is 269 g/mol. The van der Waals surface area contributed by atoms with Crippen LogP contribution in [0.4, 0.5) is 5.69 Å². The molecule has 0 heterocycles. The molecule has 0 aliphatic heterocycles. The Morgan fingerprint density at radius 3 is 2.78 bits per heavy atom. The third-order valence-corrected chi connectivity index (χ3v) is 3.09. The van der Waals surface area contributed by atoms with Gasteiger partial charge >= 0.3 is 5.97 Å². The zero-order chi connectivity index (χ0) is 13.5. The summed E-state index contributed by atoms with van der Waals surface area (Å²) in [5.41, 5.74) is 0.862. The van der Waals surface area contributed by atoms with E-state index < -0.39 is 5.97 Å². The Morgan fingerprint density at radius 1 is 1.44 bits per heavy atom. The van der Waals surface area contributed by atoms with Crippen LogP contribution in [-0.4, -0.2) is 17.1 Å². The molecule has 18 heavy (non-hydrogen) atoms. The Bertz CT molecular complexity index is 407. The molecule has 1 atom stereocenters. The molecule has 4 heteroatoms. The van der Waals surface area contributed by atoms with Crippen molar-refractivity contribution in [1.82, 2.24) is 0 Å². The van der Waals surface area contributed by atoms with Gasteiger partial charge in [0.05, 0.1) is 11.3 Å². The average Bonchev–Trinajstić information content (AvgIpc) is 2.29. The summed E-state index contributed by atoms with van der Waals surface area (Å²) in [6.45, 7) is 4.22. The Hall–Kier alpha value is -1.22. The fourth-order valence-electron chi connectivity index (χ4n) is 1.86. The maximum absolute atomic E-state index is 11.1. The number of carbonyl (C=O) groups is 1. The predicted molar refractivity (Wildman–Crippen MR) is 75.6 cm³/mol. The van der Waals surface area contributed by atoms with Crippen molar-refractivity contribution in [2.24, 2.45) is 0 Å². The SMILES string of the molecule is CCCCCC(C)Nc1cc(Cl)ccc1C(=O)O. The summed E-state index contributed by atoms with van der Waals surface area (Å²) in [7, 11) is 0. The van der Waals surface area contributed by atoms with Gasteiger partial charge in [-0.05, 0) is 31.5 Å². The van der Waals surface area contributed by atoms with Gasteiger partial charge in [0, 0.05) is 11.1 Å². The van der Waals surface area contributed by atoms with Crippen molar-refractivity contribution in [3.8, 4) is 0 Å². The second kappa shape index (κ2) is 7.27. The van der Waals surface area contributed by atoms with Crippen LogP contribution in [0.2, 0.25) is 5.02 Å². The van der Waals surface area contributed by atoms with Crippen LogP contribution in [0.5, 0.6) is 0 Å². The maximum Gasteiger partial charge on any atom is 0.337 e. The topological polar surface area (TPSA) is 49.3 Å². The number of carboxylic acids is 1. The largest absolute Gasteiger partial charge is 0.478 e. The lowest BCUT2D eigenvalue weighted by molar-refractivity contribution is 0.0698. The highest BCUT2D eigenvalue weighted by Crippen LogP contribution is 2.22. The number of halogens is 1. The van der Waals surface area contributed by atoms with Crippen LogP contribution in [0.3, 0.4) is 0 Å². The maximum atomic E-state index is 11.1. The summed E-state index contributed by atoms with van der Waals surface area (Å²) in [6.07, 6.45) is 4.56. The van der Waals surface area contributed by atoms with Gasteiger partial charge in [0.1, 0.15) is 0 Å². The molecular weight excluding hydrogens is 250 g/mol. The number of benzene rings is 1. The highest BCUT2D eigenvalue weighted by molar-refractivity contribution is 6.31. The second-order valence-corrected chi connectivity index (χ2v) is 4.97. The highest BCUT2D eigenvalue weighted by Gasteiger charge is 2.12. The fraction of sp³-hybridized carbons (Fsp3) is 0.500. The van der Waals surface area contributed by atoms with E-state index in [1.54, 1.807) is 12.1 Å². The van der Waals surface area contributed by atoms with E-state index in [1.807, 2.05) is 0 Å². The molecule has 0 aliphatic rings. The number of hydrogen-bond acceptors (Lipinski definition) is 2. The highest BCUT2D eigenvalue weighted by atomic mass is 35.5. The van der Waals surface area contributed by atoms with Gasteiger partial charge in [-0.2, -0.15) is 0 Å². The van der Waals surface area contributed by atoms with E-state index in [9.17, 15) is 4.79 Å². The molecule has 1 unspecified atom stereocenters. The van der Waals surface area contributed by atoms with Crippen molar-refractivity contribution >= 4 is 23.3 Å². The van der Waals surface area contributed by atoms with Gasteiger partial charge < -0.3 is 10.4 Å². The van der Waals surface area contributed by atoms with Crippen LogP contribution in [0.1, 0.15) is 49.9 Å². The molecule has 1 rings (SSSR count). The summed E-state index contributed by atoms with van der Waals surface area (Å²) >= 11 is 5.90. The molecule has 0 spiro atoms. The third-order valence-electron chi connectivity index (χ3n) is 2.85. The number of unbranched alkanes of at least 4 members (excludes halogenated alkanes) is 2. The van der Waals surface area contributed by atoms with E-state index in [-0.39, 0.29) is 11.6 Å². The Labute approximate surface area is 113 Å². The number of anilines is 1. The third kappa shape index (κ3) is 4.57. The summed E-state index contributed by atoms with van der Waals surface area (Å²) in [5, 5.41) is 12.9. The number of aromatic carboxylic acids is 1. The molecule has 0 saturated carbocycles.